The van der Waals surface area contributed by atoms with E-state index in [0.717, 1.165) is 22.6 Å². The second kappa shape index (κ2) is 8.15. The van der Waals surface area contributed by atoms with Gasteiger partial charge in [-0.2, -0.15) is 0 Å². The zero-order valence-corrected chi connectivity index (χ0v) is 20.0. The van der Waals surface area contributed by atoms with Gasteiger partial charge in [-0.25, -0.2) is 4.79 Å². The normalized spacial score (nSPS) is 17.4. The maximum atomic E-state index is 13.7. The van der Waals surface area contributed by atoms with Crippen LogP contribution in [0.1, 0.15) is 36.7 Å². The van der Waals surface area contributed by atoms with Gasteiger partial charge in [0.1, 0.15) is 0 Å². The second-order valence-corrected chi connectivity index (χ2v) is 9.35. The van der Waals surface area contributed by atoms with Crippen LogP contribution in [0.5, 0.6) is 11.5 Å². The molecule has 0 aliphatic carbocycles. The number of aromatic carboxylic acids is 1. The van der Waals surface area contributed by atoms with Crippen molar-refractivity contribution in [2.75, 3.05) is 22.1 Å². The number of alkyl halides is 2. The van der Waals surface area contributed by atoms with Gasteiger partial charge < -0.3 is 30.1 Å². The first-order valence-corrected chi connectivity index (χ1v) is 11.4. The summed E-state index contributed by atoms with van der Waals surface area (Å²) in [5.74, 6) is -1.06. The molecule has 0 fully saturated rings. The summed E-state index contributed by atoms with van der Waals surface area (Å²) in [5.41, 5.74) is 10.5. The van der Waals surface area contributed by atoms with Crippen molar-refractivity contribution in [3.05, 3.63) is 71.8 Å². The zero-order valence-electron chi connectivity index (χ0n) is 20.0. The molecule has 0 atom stereocenters. The van der Waals surface area contributed by atoms with Crippen LogP contribution in [-0.2, 0) is 0 Å². The smallest absolute Gasteiger partial charge is 0.478 e. The third-order valence-electron chi connectivity index (χ3n) is 6.28. The maximum absolute atomic E-state index is 13.7. The summed E-state index contributed by atoms with van der Waals surface area (Å²) in [5, 5.41) is 9.29. The van der Waals surface area contributed by atoms with E-state index in [1.807, 2.05) is 45.1 Å². The fraction of sp³-hybridized carbons (Fsp3) is 0.222. The molecule has 2 heterocycles. The number of allylic oxidation sites excluding steroid dienone is 1. The van der Waals surface area contributed by atoms with Crippen molar-refractivity contribution < 1.29 is 28.2 Å². The van der Waals surface area contributed by atoms with Crippen LogP contribution >= 0.6 is 0 Å². The van der Waals surface area contributed by atoms with Crippen LogP contribution in [0, 0.1) is 0 Å². The lowest BCUT2D eigenvalue weighted by atomic mass is 9.92. The van der Waals surface area contributed by atoms with Crippen LogP contribution in [0.3, 0.4) is 0 Å². The number of nitrogens with zero attached hydrogens (tertiary/aromatic N) is 2. The average Bonchev–Trinajstić information content (AvgIpc) is 3.12. The second-order valence-electron chi connectivity index (χ2n) is 9.35. The third-order valence-corrected chi connectivity index (χ3v) is 6.28. The lowest BCUT2D eigenvalue weighted by molar-refractivity contribution is -0.286. The predicted molar refractivity (Wildman–Crippen MR) is 135 cm³/mol. The van der Waals surface area contributed by atoms with E-state index in [1.165, 1.54) is 6.07 Å². The van der Waals surface area contributed by atoms with Crippen molar-refractivity contribution in [3.8, 4) is 11.5 Å². The zero-order chi connectivity index (χ0) is 25.8. The van der Waals surface area contributed by atoms with Gasteiger partial charge >= 0.3 is 12.3 Å². The number of hydrogen-bond acceptors (Lipinski definition) is 6. The topological polar surface area (TPSA) is 88.3 Å². The van der Waals surface area contributed by atoms with Crippen LogP contribution in [0.25, 0.3) is 6.08 Å². The number of nitrogen functional groups attached to an aromatic ring is 1. The first-order valence-electron chi connectivity index (χ1n) is 11.4. The molecule has 0 saturated heterocycles. The predicted octanol–water partition coefficient (Wildman–Crippen LogP) is 6.39. The van der Waals surface area contributed by atoms with Crippen LogP contribution in [0.15, 0.2) is 60.7 Å². The SMILES string of the molecule is C/C=C\c1cc2c(cc1N)N(c1ccc(C(=O)O)cc1)CC(C)(C)N2c1ccc2c(c1)OC(F)(F)O2. The molecule has 0 unspecified atom stereocenters. The number of rotatable bonds is 4. The number of hydrogen-bond donors (Lipinski definition) is 2. The fourth-order valence-electron chi connectivity index (χ4n) is 4.78. The number of carbonyl (C=O) groups is 1. The van der Waals surface area contributed by atoms with E-state index in [9.17, 15) is 18.7 Å². The number of nitrogens with two attached hydrogens (primary N) is 1. The highest BCUT2D eigenvalue weighted by molar-refractivity contribution is 5.92. The van der Waals surface area contributed by atoms with E-state index in [1.54, 1.807) is 36.4 Å². The van der Waals surface area contributed by atoms with E-state index < -0.39 is 17.8 Å². The van der Waals surface area contributed by atoms with Crippen molar-refractivity contribution >= 4 is 40.5 Å². The fourth-order valence-corrected chi connectivity index (χ4v) is 4.78. The van der Waals surface area contributed by atoms with Crippen molar-refractivity contribution in [1.82, 2.24) is 0 Å². The Hall–Kier alpha value is -4.27. The standard InChI is InChI=1S/C27H25F2N3O4/c1-4-5-17-12-22-21(14-20(17)30)31(18-8-6-16(7-9-18)25(33)34)15-26(2,3)32(22)19-10-11-23-24(13-19)36-27(28,29)35-23/h4-14H,15,30H2,1-3H3,(H,33,34)/b5-4-. The van der Waals surface area contributed by atoms with Gasteiger partial charge in [0.2, 0.25) is 0 Å². The summed E-state index contributed by atoms with van der Waals surface area (Å²) in [6, 6.07) is 15.2. The van der Waals surface area contributed by atoms with Crippen LogP contribution < -0.4 is 25.0 Å². The quantitative estimate of drug-likeness (QED) is 0.407. The summed E-state index contributed by atoms with van der Waals surface area (Å²) in [6.45, 7) is 6.48. The number of anilines is 5. The van der Waals surface area contributed by atoms with Crippen molar-refractivity contribution in [1.29, 1.82) is 0 Å². The Morgan fingerprint density at radius 1 is 1.00 bits per heavy atom. The molecule has 0 amide bonds. The van der Waals surface area contributed by atoms with Crippen LogP contribution in [0.2, 0.25) is 0 Å². The molecule has 0 spiro atoms. The summed E-state index contributed by atoms with van der Waals surface area (Å²) in [4.78, 5) is 15.5. The number of benzene rings is 3. The van der Waals surface area contributed by atoms with Gasteiger partial charge in [-0.05, 0) is 74.9 Å². The van der Waals surface area contributed by atoms with Crippen molar-refractivity contribution in [3.63, 3.8) is 0 Å². The summed E-state index contributed by atoms with van der Waals surface area (Å²) in [7, 11) is 0. The number of ether oxygens (including phenoxy) is 2. The van der Waals surface area contributed by atoms with Crippen molar-refractivity contribution in [2.45, 2.75) is 32.6 Å². The summed E-state index contributed by atoms with van der Waals surface area (Å²) < 4.78 is 36.6. The molecule has 3 aromatic carbocycles. The molecule has 0 saturated carbocycles. The molecule has 0 aromatic heterocycles. The van der Waals surface area contributed by atoms with Gasteiger partial charge in [0, 0.05) is 29.7 Å². The Morgan fingerprint density at radius 3 is 2.33 bits per heavy atom. The molecule has 2 aliphatic rings. The molecule has 2 aliphatic heterocycles. The molecule has 3 aromatic rings. The molecule has 3 N–H and O–H groups in total. The van der Waals surface area contributed by atoms with Gasteiger partial charge in [-0.15, -0.1) is 8.78 Å². The highest BCUT2D eigenvalue weighted by atomic mass is 19.3. The Bertz CT molecular complexity index is 1390. The molecule has 0 bridgehead atoms. The molecule has 9 heteroatoms. The van der Waals surface area contributed by atoms with E-state index in [0.29, 0.717) is 17.9 Å². The van der Waals surface area contributed by atoms with Crippen molar-refractivity contribution in [2.24, 2.45) is 0 Å². The van der Waals surface area contributed by atoms with Gasteiger partial charge in [-0.3, -0.25) is 0 Å². The largest absolute Gasteiger partial charge is 0.586 e. The molecule has 5 rings (SSSR count). The number of halogens is 2. The van der Waals surface area contributed by atoms with E-state index >= 15 is 0 Å². The minimum absolute atomic E-state index is 0.0224. The molecule has 36 heavy (non-hydrogen) atoms. The minimum atomic E-state index is -3.71. The highest BCUT2D eigenvalue weighted by Crippen LogP contribution is 2.51. The monoisotopic (exact) mass is 493 g/mol. The summed E-state index contributed by atoms with van der Waals surface area (Å²) in [6.07, 6.45) is 0.0891. The van der Waals surface area contributed by atoms with Gasteiger partial charge in [0.15, 0.2) is 11.5 Å². The maximum Gasteiger partial charge on any atom is 0.586 e. The molecule has 7 nitrogen and oxygen atoms in total. The molecule has 0 radical (unpaired) electrons. The lowest BCUT2D eigenvalue weighted by Gasteiger charge is -2.50. The minimum Gasteiger partial charge on any atom is -0.478 e. The first-order chi connectivity index (χ1) is 17.0. The van der Waals surface area contributed by atoms with E-state index in [-0.39, 0.29) is 17.1 Å². The number of carboxylic acids is 1. The van der Waals surface area contributed by atoms with Crippen LogP contribution in [0.4, 0.5) is 37.2 Å². The molecule has 186 valence electrons. The molecular formula is C27H25F2N3O4. The Balaban J connectivity index is 1.67. The highest BCUT2D eigenvalue weighted by Gasteiger charge is 2.45. The van der Waals surface area contributed by atoms with Crippen LogP contribution in [-0.4, -0.2) is 29.5 Å². The number of carboxylic acid groups (broad SMARTS) is 1. The molecular weight excluding hydrogens is 468 g/mol. The summed E-state index contributed by atoms with van der Waals surface area (Å²) >= 11 is 0. The lowest BCUT2D eigenvalue weighted by Crippen LogP contribution is -2.52. The third kappa shape index (κ3) is 3.96. The Morgan fingerprint density at radius 2 is 1.67 bits per heavy atom. The Kier molecular flexibility index (Phi) is 5.31. The van der Waals surface area contributed by atoms with Gasteiger partial charge in [0.05, 0.1) is 22.5 Å². The average molecular weight is 494 g/mol. The number of fused-ring (bicyclic) bond motifs is 2. The van der Waals surface area contributed by atoms with E-state index in [2.05, 4.69) is 14.5 Å². The van der Waals surface area contributed by atoms with Gasteiger partial charge in [0.25, 0.3) is 0 Å². The van der Waals surface area contributed by atoms with E-state index in [4.69, 9.17) is 10.5 Å². The Labute approximate surface area is 207 Å². The van der Waals surface area contributed by atoms with Gasteiger partial charge in [-0.1, -0.05) is 12.2 Å². The first kappa shape index (κ1) is 23.5.